The molecule has 5 rings (SSSR count). The van der Waals surface area contributed by atoms with Gasteiger partial charge in [0, 0.05) is 18.3 Å². The Morgan fingerprint density at radius 2 is 1.69 bits per heavy atom. The smallest absolute Gasteiger partial charge is 0.338 e. The fourth-order valence-electron chi connectivity index (χ4n) is 7.96. The topological polar surface area (TPSA) is 43.4 Å². The molecule has 1 aromatic rings. The van der Waals surface area contributed by atoms with Crippen LogP contribution in [0.1, 0.15) is 82.0 Å². The first-order valence-electron chi connectivity index (χ1n) is 11.7. The Morgan fingerprint density at radius 3 is 2.48 bits per heavy atom. The summed E-state index contributed by atoms with van der Waals surface area (Å²) in [5.74, 6) is 3.06. The van der Waals surface area contributed by atoms with Crippen molar-refractivity contribution >= 4 is 11.8 Å². The van der Waals surface area contributed by atoms with Crippen molar-refractivity contribution in [1.82, 2.24) is 0 Å². The first-order chi connectivity index (χ1) is 13.9. The summed E-state index contributed by atoms with van der Waals surface area (Å²) in [5, 5.41) is 0. The number of ketones is 1. The molecular weight excluding hydrogens is 360 g/mol. The molecule has 0 aromatic heterocycles. The van der Waals surface area contributed by atoms with Gasteiger partial charge < -0.3 is 4.74 Å². The van der Waals surface area contributed by atoms with Crippen LogP contribution in [-0.4, -0.2) is 17.9 Å². The maximum absolute atomic E-state index is 12.7. The fraction of sp³-hybridized carbons (Fsp3) is 0.692. The number of ether oxygens (including phenoxy) is 1. The van der Waals surface area contributed by atoms with Crippen LogP contribution in [0.4, 0.5) is 0 Å². The third-order valence-electron chi connectivity index (χ3n) is 9.65. The normalized spacial score (nSPS) is 43.8. The zero-order valence-electron chi connectivity index (χ0n) is 17.9. The van der Waals surface area contributed by atoms with Crippen LogP contribution in [0, 0.1) is 34.5 Å². The van der Waals surface area contributed by atoms with Crippen molar-refractivity contribution in [3.63, 3.8) is 0 Å². The highest BCUT2D eigenvalue weighted by Gasteiger charge is 2.61. The van der Waals surface area contributed by atoms with Crippen molar-refractivity contribution in [3.05, 3.63) is 35.9 Å². The van der Waals surface area contributed by atoms with E-state index in [1.54, 1.807) is 0 Å². The minimum Gasteiger partial charge on any atom is -0.458 e. The summed E-state index contributed by atoms with van der Waals surface area (Å²) < 4.78 is 6.11. The zero-order chi connectivity index (χ0) is 20.2. The third kappa shape index (κ3) is 2.99. The van der Waals surface area contributed by atoms with Crippen molar-refractivity contribution in [1.29, 1.82) is 0 Å². The summed E-state index contributed by atoms with van der Waals surface area (Å²) in [6.07, 6.45) is 9.79. The summed E-state index contributed by atoms with van der Waals surface area (Å²) >= 11 is 0. The van der Waals surface area contributed by atoms with E-state index in [9.17, 15) is 9.59 Å². The van der Waals surface area contributed by atoms with E-state index in [0.717, 1.165) is 43.9 Å². The number of carbonyl (C=O) groups is 2. The quantitative estimate of drug-likeness (QED) is 0.593. The van der Waals surface area contributed by atoms with Gasteiger partial charge in [-0.2, -0.15) is 0 Å². The van der Waals surface area contributed by atoms with Gasteiger partial charge in [-0.05, 0) is 86.2 Å². The molecule has 7 atom stereocenters. The van der Waals surface area contributed by atoms with Gasteiger partial charge in [-0.3, -0.25) is 4.79 Å². The van der Waals surface area contributed by atoms with Gasteiger partial charge in [0.2, 0.25) is 0 Å². The molecule has 29 heavy (non-hydrogen) atoms. The van der Waals surface area contributed by atoms with Gasteiger partial charge in [0.15, 0.2) is 0 Å². The number of benzene rings is 1. The first kappa shape index (κ1) is 19.3. The highest BCUT2D eigenvalue weighted by molar-refractivity contribution is 5.89. The number of hydrogen-bond donors (Lipinski definition) is 0. The van der Waals surface area contributed by atoms with Crippen LogP contribution >= 0.6 is 0 Å². The highest BCUT2D eigenvalue weighted by Crippen LogP contribution is 2.66. The summed E-state index contributed by atoms with van der Waals surface area (Å²) in [6, 6.07) is 9.42. The molecule has 0 amide bonds. The van der Waals surface area contributed by atoms with Gasteiger partial charge >= 0.3 is 5.97 Å². The minimum atomic E-state index is -0.166. The van der Waals surface area contributed by atoms with E-state index in [-0.39, 0.29) is 17.5 Å². The summed E-state index contributed by atoms with van der Waals surface area (Å²) in [5.41, 5.74) is 1.11. The average Bonchev–Trinajstić information content (AvgIpc) is 3.05. The standard InChI is InChI=1S/C26H34O3/c1-25-14-12-19(27)16-18(25)8-9-20-21-10-11-23(26(21,2)15-13-22(20)25)29-24(28)17-6-4-3-5-7-17/h3-7,18,20-23H,8-16H2,1-2H3/t18-,20-,21+,22-,23-,25-,26+/m0/s1. The Kier molecular flexibility index (Phi) is 4.64. The van der Waals surface area contributed by atoms with Gasteiger partial charge in [-0.15, -0.1) is 0 Å². The second-order valence-electron chi connectivity index (χ2n) is 10.8. The van der Waals surface area contributed by atoms with E-state index in [4.69, 9.17) is 4.74 Å². The molecule has 4 fully saturated rings. The first-order valence-corrected chi connectivity index (χ1v) is 11.7. The fourth-order valence-corrected chi connectivity index (χ4v) is 7.96. The van der Waals surface area contributed by atoms with Crippen molar-refractivity contribution in [2.45, 2.75) is 77.7 Å². The lowest BCUT2D eigenvalue weighted by molar-refractivity contribution is -0.142. The van der Waals surface area contributed by atoms with E-state index < -0.39 is 0 Å². The minimum absolute atomic E-state index is 0.0413. The van der Waals surface area contributed by atoms with Gasteiger partial charge in [-0.1, -0.05) is 32.0 Å². The summed E-state index contributed by atoms with van der Waals surface area (Å²) in [6.45, 7) is 4.88. The molecule has 4 aliphatic carbocycles. The SMILES string of the molecule is C[C@@]12CC[C@H]3[C@@H](CC[C@H]4CC(=O)CC[C@@]43C)[C@H]1CC[C@@H]2OC(=O)c1ccccc1. The molecule has 0 unspecified atom stereocenters. The summed E-state index contributed by atoms with van der Waals surface area (Å²) in [4.78, 5) is 24.8. The number of esters is 1. The van der Waals surface area contributed by atoms with Crippen LogP contribution in [0.3, 0.4) is 0 Å². The second kappa shape index (κ2) is 6.96. The van der Waals surface area contributed by atoms with Crippen molar-refractivity contribution in [3.8, 4) is 0 Å². The number of Topliss-reactive ketones (excluding diaryl/α,β-unsaturated/α-hetero) is 1. The molecule has 4 aliphatic rings. The van der Waals surface area contributed by atoms with Crippen molar-refractivity contribution < 1.29 is 14.3 Å². The zero-order valence-corrected chi connectivity index (χ0v) is 17.9. The Balaban J connectivity index is 1.34. The Hall–Kier alpha value is -1.64. The average molecular weight is 395 g/mol. The lowest BCUT2D eigenvalue weighted by Gasteiger charge is -2.60. The Morgan fingerprint density at radius 1 is 0.931 bits per heavy atom. The van der Waals surface area contributed by atoms with E-state index in [2.05, 4.69) is 13.8 Å². The van der Waals surface area contributed by atoms with Crippen LogP contribution in [-0.2, 0) is 9.53 Å². The third-order valence-corrected chi connectivity index (χ3v) is 9.65. The Bertz CT molecular complexity index is 801. The van der Waals surface area contributed by atoms with Crippen molar-refractivity contribution in [2.75, 3.05) is 0 Å². The molecule has 3 nitrogen and oxygen atoms in total. The number of fused-ring (bicyclic) bond motifs is 5. The van der Waals surface area contributed by atoms with E-state index in [0.29, 0.717) is 28.6 Å². The summed E-state index contributed by atoms with van der Waals surface area (Å²) in [7, 11) is 0. The van der Waals surface area contributed by atoms with Crippen molar-refractivity contribution in [2.24, 2.45) is 34.5 Å². The molecule has 0 spiro atoms. The van der Waals surface area contributed by atoms with E-state index in [1.165, 1.54) is 25.7 Å². The molecule has 1 aromatic carbocycles. The lowest BCUT2D eigenvalue weighted by atomic mass is 9.45. The molecule has 0 aliphatic heterocycles. The maximum Gasteiger partial charge on any atom is 0.338 e. The number of rotatable bonds is 2. The molecule has 0 saturated heterocycles. The highest BCUT2D eigenvalue weighted by atomic mass is 16.5. The van der Waals surface area contributed by atoms with Gasteiger partial charge in [-0.25, -0.2) is 4.79 Å². The maximum atomic E-state index is 12.7. The number of hydrogen-bond acceptors (Lipinski definition) is 3. The van der Waals surface area contributed by atoms with E-state index >= 15 is 0 Å². The molecule has 0 bridgehead atoms. The largest absolute Gasteiger partial charge is 0.458 e. The molecule has 4 saturated carbocycles. The molecule has 0 radical (unpaired) electrons. The van der Waals surface area contributed by atoms with Gasteiger partial charge in [0.1, 0.15) is 11.9 Å². The van der Waals surface area contributed by atoms with Crippen LogP contribution in [0.15, 0.2) is 30.3 Å². The van der Waals surface area contributed by atoms with Crippen LogP contribution in [0.5, 0.6) is 0 Å². The number of carbonyl (C=O) groups excluding carboxylic acids is 2. The Labute approximate surface area is 174 Å². The van der Waals surface area contributed by atoms with Gasteiger partial charge in [0.25, 0.3) is 0 Å². The van der Waals surface area contributed by atoms with E-state index in [1.807, 2.05) is 30.3 Å². The molecule has 156 valence electrons. The molecular formula is C26H34O3. The van der Waals surface area contributed by atoms with Crippen LogP contribution in [0.2, 0.25) is 0 Å². The lowest BCUT2D eigenvalue weighted by Crippen LogP contribution is -2.54. The predicted molar refractivity (Wildman–Crippen MR) is 112 cm³/mol. The molecule has 3 heteroatoms. The molecule has 0 N–H and O–H groups in total. The van der Waals surface area contributed by atoms with Crippen LogP contribution in [0.25, 0.3) is 0 Å². The van der Waals surface area contributed by atoms with Crippen LogP contribution < -0.4 is 0 Å². The van der Waals surface area contributed by atoms with Gasteiger partial charge in [0.05, 0.1) is 5.56 Å². The monoisotopic (exact) mass is 394 g/mol. The second-order valence-corrected chi connectivity index (χ2v) is 10.8. The molecule has 0 heterocycles. The predicted octanol–water partition coefficient (Wildman–Crippen LogP) is 5.82.